The summed E-state index contributed by atoms with van der Waals surface area (Å²) >= 11 is 6.28. The molecule has 202 valence electrons. The SMILES string of the molecule is CNC[C@H](CC1CCCCC1)NC(=O)N1CCC[C@@H]([C@@H](OCCN(C)C(=O)O)c2cccc(Cl)c2)C1. The van der Waals surface area contributed by atoms with Crippen molar-refractivity contribution < 1.29 is 19.4 Å². The number of piperidine rings is 1. The van der Waals surface area contributed by atoms with Crippen molar-refractivity contribution in [2.75, 3.05) is 46.9 Å². The third-order valence-corrected chi connectivity index (χ3v) is 7.76. The first kappa shape index (κ1) is 28.5. The maximum atomic E-state index is 13.3. The highest BCUT2D eigenvalue weighted by atomic mass is 35.5. The molecule has 0 unspecified atom stereocenters. The lowest BCUT2D eigenvalue weighted by atomic mass is 9.85. The van der Waals surface area contributed by atoms with Crippen LogP contribution in [-0.4, -0.2) is 80.0 Å². The maximum Gasteiger partial charge on any atom is 0.407 e. The van der Waals surface area contributed by atoms with Crippen molar-refractivity contribution in [3.63, 3.8) is 0 Å². The summed E-state index contributed by atoms with van der Waals surface area (Å²) in [4.78, 5) is 27.6. The molecule has 8 nitrogen and oxygen atoms in total. The van der Waals surface area contributed by atoms with Gasteiger partial charge in [-0.25, -0.2) is 9.59 Å². The topological polar surface area (TPSA) is 94.1 Å². The van der Waals surface area contributed by atoms with Gasteiger partial charge in [-0.1, -0.05) is 55.8 Å². The van der Waals surface area contributed by atoms with E-state index in [0.717, 1.165) is 37.9 Å². The molecule has 1 heterocycles. The van der Waals surface area contributed by atoms with Crippen LogP contribution < -0.4 is 10.6 Å². The van der Waals surface area contributed by atoms with E-state index in [2.05, 4.69) is 10.6 Å². The normalized spacial score (nSPS) is 20.5. The first-order chi connectivity index (χ1) is 17.4. The van der Waals surface area contributed by atoms with Crippen molar-refractivity contribution in [3.05, 3.63) is 34.9 Å². The largest absolute Gasteiger partial charge is 0.465 e. The lowest BCUT2D eigenvalue weighted by molar-refractivity contribution is -0.0155. The van der Waals surface area contributed by atoms with E-state index in [1.165, 1.54) is 44.1 Å². The quantitative estimate of drug-likeness (QED) is 0.381. The van der Waals surface area contributed by atoms with E-state index in [-0.39, 0.29) is 37.2 Å². The number of carbonyl (C=O) groups excluding carboxylic acids is 1. The van der Waals surface area contributed by atoms with Crippen molar-refractivity contribution in [3.8, 4) is 0 Å². The summed E-state index contributed by atoms with van der Waals surface area (Å²) in [7, 11) is 3.47. The number of rotatable bonds is 11. The van der Waals surface area contributed by atoms with Crippen LogP contribution >= 0.6 is 11.6 Å². The molecule has 3 atom stereocenters. The number of urea groups is 1. The van der Waals surface area contributed by atoms with Gasteiger partial charge in [-0.2, -0.15) is 0 Å². The van der Waals surface area contributed by atoms with E-state index in [9.17, 15) is 9.59 Å². The monoisotopic (exact) mass is 522 g/mol. The number of halogens is 1. The average molecular weight is 523 g/mol. The minimum Gasteiger partial charge on any atom is -0.465 e. The lowest BCUT2D eigenvalue weighted by Crippen LogP contribution is -2.52. The Morgan fingerprint density at radius 1 is 1.22 bits per heavy atom. The smallest absolute Gasteiger partial charge is 0.407 e. The van der Waals surface area contributed by atoms with Crippen molar-refractivity contribution in [1.29, 1.82) is 0 Å². The molecule has 0 radical (unpaired) electrons. The molecule has 0 aromatic heterocycles. The van der Waals surface area contributed by atoms with Crippen molar-refractivity contribution in [2.24, 2.45) is 11.8 Å². The Morgan fingerprint density at radius 3 is 2.69 bits per heavy atom. The maximum absolute atomic E-state index is 13.3. The van der Waals surface area contributed by atoms with Gasteiger partial charge in [0.05, 0.1) is 12.7 Å². The zero-order valence-corrected chi connectivity index (χ0v) is 22.5. The third-order valence-electron chi connectivity index (χ3n) is 7.52. The summed E-state index contributed by atoms with van der Waals surface area (Å²) in [6, 6.07) is 7.74. The van der Waals surface area contributed by atoms with Crippen molar-refractivity contribution in [2.45, 2.75) is 63.5 Å². The van der Waals surface area contributed by atoms with Gasteiger partial charge in [0, 0.05) is 50.2 Å². The number of amides is 3. The first-order valence-corrected chi connectivity index (χ1v) is 13.8. The van der Waals surface area contributed by atoms with E-state index < -0.39 is 6.09 Å². The predicted molar refractivity (Wildman–Crippen MR) is 143 cm³/mol. The summed E-state index contributed by atoms with van der Waals surface area (Å²) in [6.07, 6.45) is 8.05. The highest BCUT2D eigenvalue weighted by Gasteiger charge is 2.32. The highest BCUT2D eigenvalue weighted by molar-refractivity contribution is 6.30. The first-order valence-electron chi connectivity index (χ1n) is 13.4. The van der Waals surface area contributed by atoms with Crippen LogP contribution in [0.15, 0.2) is 24.3 Å². The molecule has 0 bridgehead atoms. The number of likely N-dealkylation sites (N-methyl/N-ethyl adjacent to an activating group) is 2. The molecule has 0 spiro atoms. The Labute approximate surface area is 220 Å². The highest BCUT2D eigenvalue weighted by Crippen LogP contribution is 2.34. The fourth-order valence-corrected chi connectivity index (χ4v) is 5.77. The average Bonchev–Trinajstić information content (AvgIpc) is 2.87. The Bertz CT molecular complexity index is 836. The minimum absolute atomic E-state index is 0.00814. The molecule has 9 heteroatoms. The summed E-state index contributed by atoms with van der Waals surface area (Å²) in [6.45, 7) is 2.63. The molecule has 3 rings (SSSR count). The second-order valence-corrected chi connectivity index (χ2v) is 10.8. The number of ether oxygens (including phenoxy) is 1. The van der Waals surface area contributed by atoms with E-state index in [1.807, 2.05) is 36.2 Å². The van der Waals surface area contributed by atoms with Crippen LogP contribution in [0.1, 0.15) is 63.0 Å². The second kappa shape index (κ2) is 14.6. The van der Waals surface area contributed by atoms with Crippen LogP contribution in [0.25, 0.3) is 0 Å². The zero-order valence-electron chi connectivity index (χ0n) is 21.8. The number of carbonyl (C=O) groups is 2. The summed E-state index contributed by atoms with van der Waals surface area (Å²) in [5.74, 6) is 0.787. The van der Waals surface area contributed by atoms with Crippen molar-refractivity contribution in [1.82, 2.24) is 20.4 Å². The summed E-state index contributed by atoms with van der Waals surface area (Å²) < 4.78 is 6.26. The van der Waals surface area contributed by atoms with Crippen LogP contribution in [0, 0.1) is 11.8 Å². The molecule has 1 saturated carbocycles. The molecule has 3 N–H and O–H groups in total. The molecule has 1 aliphatic heterocycles. The van der Waals surface area contributed by atoms with Crippen LogP contribution in [0.2, 0.25) is 5.02 Å². The van der Waals surface area contributed by atoms with Gasteiger partial charge in [-0.3, -0.25) is 0 Å². The number of nitrogens with one attached hydrogen (secondary N) is 2. The standard InChI is InChI=1S/C27H43ClN4O4/c1-29-18-24(16-20-8-4-3-5-9-20)30-26(33)32-13-7-11-22(19-32)25(21-10-6-12-23(28)17-21)36-15-14-31(2)27(34)35/h6,10,12,17,20,22,24-25,29H,3-5,7-9,11,13-16,18-19H2,1-2H3,(H,30,33)(H,34,35)/t22-,24+,25+/m1/s1. The molecular weight excluding hydrogens is 480 g/mol. The lowest BCUT2D eigenvalue weighted by Gasteiger charge is -2.38. The number of nitrogens with zero attached hydrogens (tertiary/aromatic N) is 2. The fourth-order valence-electron chi connectivity index (χ4n) is 5.57. The molecular formula is C27H43ClN4O4. The molecule has 2 fully saturated rings. The number of likely N-dealkylation sites (tertiary alicyclic amines) is 1. The Hall–Kier alpha value is -2.03. The predicted octanol–water partition coefficient (Wildman–Crippen LogP) is 4.99. The number of benzene rings is 1. The Morgan fingerprint density at radius 2 is 2.00 bits per heavy atom. The van der Waals surface area contributed by atoms with Gasteiger partial charge in [0.1, 0.15) is 0 Å². The summed E-state index contributed by atoms with van der Waals surface area (Å²) in [5.41, 5.74) is 0.957. The fraction of sp³-hybridized carbons (Fsp3) is 0.704. The minimum atomic E-state index is -0.984. The zero-order chi connectivity index (χ0) is 25.9. The molecule has 1 aromatic carbocycles. The molecule has 1 aliphatic carbocycles. The van der Waals surface area contributed by atoms with Crippen LogP contribution in [0.5, 0.6) is 0 Å². The third kappa shape index (κ3) is 8.82. The van der Waals surface area contributed by atoms with Gasteiger partial charge in [0.2, 0.25) is 0 Å². The summed E-state index contributed by atoms with van der Waals surface area (Å²) in [5, 5.41) is 16.3. The molecule has 3 amide bonds. The second-order valence-electron chi connectivity index (χ2n) is 10.3. The van der Waals surface area contributed by atoms with Gasteiger partial charge in [0.25, 0.3) is 0 Å². The Kier molecular flexibility index (Phi) is 11.6. The Balaban J connectivity index is 1.64. The molecule has 36 heavy (non-hydrogen) atoms. The van der Waals surface area contributed by atoms with Crippen molar-refractivity contribution >= 4 is 23.7 Å². The van der Waals surface area contributed by atoms with Crippen LogP contribution in [0.4, 0.5) is 9.59 Å². The van der Waals surface area contributed by atoms with E-state index in [0.29, 0.717) is 17.5 Å². The van der Waals surface area contributed by atoms with E-state index in [4.69, 9.17) is 21.4 Å². The van der Waals surface area contributed by atoms with Gasteiger partial charge in [0.15, 0.2) is 0 Å². The van der Waals surface area contributed by atoms with Crippen LogP contribution in [0.3, 0.4) is 0 Å². The van der Waals surface area contributed by atoms with E-state index >= 15 is 0 Å². The molecule has 2 aliphatic rings. The van der Waals surface area contributed by atoms with Gasteiger partial charge in [-0.15, -0.1) is 0 Å². The number of carboxylic acid groups (broad SMARTS) is 1. The van der Waals surface area contributed by atoms with Gasteiger partial charge >= 0.3 is 12.1 Å². The molecule has 1 saturated heterocycles. The van der Waals surface area contributed by atoms with Crippen LogP contribution in [-0.2, 0) is 4.74 Å². The van der Waals surface area contributed by atoms with Gasteiger partial charge in [-0.05, 0) is 49.9 Å². The number of hydrogen-bond acceptors (Lipinski definition) is 4. The molecule has 1 aromatic rings. The van der Waals surface area contributed by atoms with Gasteiger partial charge < -0.3 is 30.3 Å². The number of hydrogen-bond donors (Lipinski definition) is 3. The van der Waals surface area contributed by atoms with E-state index in [1.54, 1.807) is 0 Å².